The third-order valence-electron chi connectivity index (χ3n) is 2.66. The second-order valence-electron chi connectivity index (χ2n) is 4.10. The van der Waals surface area contributed by atoms with E-state index in [0.717, 1.165) is 0 Å². The number of halogens is 3. The van der Waals surface area contributed by atoms with Crippen molar-refractivity contribution in [2.45, 2.75) is 6.04 Å². The Morgan fingerprint density at radius 2 is 1.95 bits per heavy atom. The van der Waals surface area contributed by atoms with Crippen LogP contribution in [0.15, 0.2) is 46.9 Å². The van der Waals surface area contributed by atoms with Crippen LogP contribution in [-0.2, 0) is 4.79 Å². The fraction of sp³-hybridized carbons (Fsp3) is 0.0714. The molecule has 0 radical (unpaired) electrons. The van der Waals surface area contributed by atoms with Gasteiger partial charge in [0.1, 0.15) is 11.6 Å². The Morgan fingerprint density at radius 1 is 1.20 bits per heavy atom. The first-order chi connectivity index (χ1) is 9.47. The number of anilines is 1. The molecule has 2 aromatic carbocycles. The molecule has 0 fully saturated rings. The molecule has 0 heterocycles. The van der Waals surface area contributed by atoms with E-state index in [0.29, 0.717) is 11.3 Å². The number of hydrogen-bond donors (Lipinski definition) is 2. The van der Waals surface area contributed by atoms with E-state index >= 15 is 0 Å². The standard InChI is InChI=1S/C14H10BrF2NO2/c15-11-6-8(4-5-12(11)17)13(14(19)20)18-10-3-1-2-9(16)7-10/h1-7,13,18H,(H,19,20). The zero-order chi connectivity index (χ0) is 14.7. The SMILES string of the molecule is O=C(O)C(Nc1cccc(F)c1)c1ccc(F)c(Br)c1. The van der Waals surface area contributed by atoms with Gasteiger partial charge in [0.2, 0.25) is 0 Å². The molecule has 0 saturated heterocycles. The molecule has 1 atom stereocenters. The second-order valence-corrected chi connectivity index (χ2v) is 4.95. The van der Waals surface area contributed by atoms with Crippen LogP contribution in [0.25, 0.3) is 0 Å². The summed E-state index contributed by atoms with van der Waals surface area (Å²) in [5.74, 6) is -2.10. The highest BCUT2D eigenvalue weighted by Crippen LogP contribution is 2.25. The molecule has 0 aliphatic heterocycles. The van der Waals surface area contributed by atoms with Gasteiger partial charge in [0.25, 0.3) is 0 Å². The summed E-state index contributed by atoms with van der Waals surface area (Å²) in [7, 11) is 0. The molecule has 0 amide bonds. The van der Waals surface area contributed by atoms with Gasteiger partial charge in [-0.25, -0.2) is 13.6 Å². The smallest absolute Gasteiger partial charge is 0.330 e. The number of aliphatic carboxylic acids is 1. The van der Waals surface area contributed by atoms with Gasteiger partial charge in [0.15, 0.2) is 6.04 Å². The lowest BCUT2D eigenvalue weighted by molar-refractivity contribution is -0.138. The summed E-state index contributed by atoms with van der Waals surface area (Å²) < 4.78 is 26.4. The van der Waals surface area contributed by atoms with Gasteiger partial charge >= 0.3 is 5.97 Å². The van der Waals surface area contributed by atoms with Crippen molar-refractivity contribution in [3.05, 3.63) is 64.1 Å². The predicted molar refractivity (Wildman–Crippen MR) is 74.5 cm³/mol. The molecule has 0 saturated carbocycles. The summed E-state index contributed by atoms with van der Waals surface area (Å²) >= 11 is 3.00. The number of rotatable bonds is 4. The largest absolute Gasteiger partial charge is 0.479 e. The minimum Gasteiger partial charge on any atom is -0.479 e. The molecule has 1 unspecified atom stereocenters. The van der Waals surface area contributed by atoms with E-state index < -0.39 is 23.6 Å². The van der Waals surface area contributed by atoms with Gasteiger partial charge in [-0.2, -0.15) is 0 Å². The molecule has 104 valence electrons. The minimum absolute atomic E-state index is 0.169. The highest BCUT2D eigenvalue weighted by Gasteiger charge is 2.20. The molecule has 0 bridgehead atoms. The fourth-order valence-corrected chi connectivity index (χ4v) is 2.12. The molecule has 2 aromatic rings. The molecule has 2 N–H and O–H groups in total. The lowest BCUT2D eigenvalue weighted by atomic mass is 10.1. The first-order valence-electron chi connectivity index (χ1n) is 5.67. The van der Waals surface area contributed by atoms with Crippen molar-refractivity contribution in [3.63, 3.8) is 0 Å². The fourth-order valence-electron chi connectivity index (χ4n) is 1.72. The number of carboxylic acids is 1. The van der Waals surface area contributed by atoms with Crippen LogP contribution < -0.4 is 5.32 Å². The van der Waals surface area contributed by atoms with Crippen LogP contribution in [0.2, 0.25) is 0 Å². The average molecular weight is 342 g/mol. The lowest BCUT2D eigenvalue weighted by Crippen LogP contribution is -2.20. The van der Waals surface area contributed by atoms with Crippen LogP contribution in [-0.4, -0.2) is 11.1 Å². The lowest BCUT2D eigenvalue weighted by Gasteiger charge is -2.16. The molecule has 0 aliphatic carbocycles. The molecule has 3 nitrogen and oxygen atoms in total. The van der Waals surface area contributed by atoms with Crippen molar-refractivity contribution in [2.24, 2.45) is 0 Å². The highest BCUT2D eigenvalue weighted by molar-refractivity contribution is 9.10. The van der Waals surface area contributed by atoms with Crippen molar-refractivity contribution in [2.75, 3.05) is 5.32 Å². The Bertz CT molecular complexity index is 649. The van der Waals surface area contributed by atoms with Gasteiger partial charge in [-0.3, -0.25) is 0 Å². The normalized spacial score (nSPS) is 11.9. The third kappa shape index (κ3) is 3.33. The first kappa shape index (κ1) is 14.5. The molecule has 0 aromatic heterocycles. The van der Waals surface area contributed by atoms with E-state index in [-0.39, 0.29) is 4.47 Å². The number of carbonyl (C=O) groups is 1. The summed E-state index contributed by atoms with van der Waals surface area (Å²) in [5, 5.41) is 12.0. The predicted octanol–water partition coefficient (Wildman–Crippen LogP) is 3.97. The minimum atomic E-state index is -1.15. The molecule has 6 heteroatoms. The maximum atomic E-state index is 13.2. The van der Waals surface area contributed by atoms with Crippen molar-refractivity contribution in [3.8, 4) is 0 Å². The Kier molecular flexibility index (Phi) is 4.34. The third-order valence-corrected chi connectivity index (χ3v) is 3.27. The van der Waals surface area contributed by atoms with Crippen LogP contribution in [0.5, 0.6) is 0 Å². The zero-order valence-corrected chi connectivity index (χ0v) is 11.7. The molecule has 20 heavy (non-hydrogen) atoms. The Hall–Kier alpha value is -1.95. The summed E-state index contributed by atoms with van der Waals surface area (Å²) in [6, 6.07) is 8.28. The summed E-state index contributed by atoms with van der Waals surface area (Å²) in [5.41, 5.74) is 0.688. The number of benzene rings is 2. The summed E-state index contributed by atoms with van der Waals surface area (Å²) in [6.07, 6.45) is 0. The first-order valence-corrected chi connectivity index (χ1v) is 6.46. The van der Waals surface area contributed by atoms with E-state index in [1.807, 2.05) is 0 Å². The van der Waals surface area contributed by atoms with Gasteiger partial charge < -0.3 is 10.4 Å². The van der Waals surface area contributed by atoms with E-state index in [9.17, 15) is 18.7 Å². The van der Waals surface area contributed by atoms with Gasteiger partial charge in [0.05, 0.1) is 4.47 Å². The van der Waals surface area contributed by atoms with E-state index in [1.165, 1.54) is 36.4 Å². The molecule has 0 aliphatic rings. The van der Waals surface area contributed by atoms with Crippen LogP contribution in [0.3, 0.4) is 0 Å². The van der Waals surface area contributed by atoms with E-state index in [2.05, 4.69) is 21.2 Å². The summed E-state index contributed by atoms with van der Waals surface area (Å²) in [6.45, 7) is 0. The maximum Gasteiger partial charge on any atom is 0.330 e. The van der Waals surface area contributed by atoms with Gasteiger partial charge in [0, 0.05) is 5.69 Å². The Balaban J connectivity index is 2.32. The topological polar surface area (TPSA) is 49.3 Å². The number of nitrogens with one attached hydrogen (secondary N) is 1. The van der Waals surface area contributed by atoms with Crippen LogP contribution in [0.4, 0.5) is 14.5 Å². The molecule has 0 spiro atoms. The zero-order valence-electron chi connectivity index (χ0n) is 10.1. The molecular weight excluding hydrogens is 332 g/mol. The highest BCUT2D eigenvalue weighted by atomic mass is 79.9. The number of carboxylic acid groups (broad SMARTS) is 1. The number of hydrogen-bond acceptors (Lipinski definition) is 2. The van der Waals surface area contributed by atoms with E-state index in [1.54, 1.807) is 6.07 Å². The van der Waals surface area contributed by atoms with Crippen molar-refractivity contribution >= 4 is 27.6 Å². The maximum absolute atomic E-state index is 13.2. The van der Waals surface area contributed by atoms with Crippen molar-refractivity contribution in [1.82, 2.24) is 0 Å². The van der Waals surface area contributed by atoms with Gasteiger partial charge in [-0.1, -0.05) is 12.1 Å². The second kappa shape index (κ2) is 6.00. The Morgan fingerprint density at radius 3 is 2.55 bits per heavy atom. The quantitative estimate of drug-likeness (QED) is 0.884. The average Bonchev–Trinajstić information content (AvgIpc) is 2.39. The molecular formula is C14H10BrF2NO2. The van der Waals surface area contributed by atoms with Crippen molar-refractivity contribution in [1.29, 1.82) is 0 Å². The summed E-state index contributed by atoms with van der Waals surface area (Å²) in [4.78, 5) is 11.3. The van der Waals surface area contributed by atoms with Crippen LogP contribution in [0.1, 0.15) is 11.6 Å². The van der Waals surface area contributed by atoms with Gasteiger partial charge in [-0.15, -0.1) is 0 Å². The van der Waals surface area contributed by atoms with Crippen LogP contribution in [0, 0.1) is 11.6 Å². The van der Waals surface area contributed by atoms with Crippen molar-refractivity contribution < 1.29 is 18.7 Å². The van der Waals surface area contributed by atoms with Crippen LogP contribution >= 0.6 is 15.9 Å². The Labute approximate surface area is 122 Å². The monoisotopic (exact) mass is 341 g/mol. The van der Waals surface area contributed by atoms with Gasteiger partial charge in [-0.05, 0) is 51.8 Å². The molecule has 2 rings (SSSR count). The van der Waals surface area contributed by atoms with E-state index in [4.69, 9.17) is 0 Å².